The molecule has 0 aromatic rings. The van der Waals surface area contributed by atoms with Gasteiger partial charge in [0.15, 0.2) is 6.04 Å². The Morgan fingerprint density at radius 3 is 2.32 bits per heavy atom. The van der Waals surface area contributed by atoms with Crippen LogP contribution in [0, 0.1) is 11.8 Å². The molecular formula is C15H24N2O7S. The number of hydrogen-bond donors (Lipinski definition) is 4. The number of aliphatic carboxylic acids is 1. The topological polar surface area (TPSA) is 133 Å². The molecule has 1 aliphatic rings. The number of nitrogens with one attached hydrogen (secondary N) is 1. The van der Waals surface area contributed by atoms with E-state index in [9.17, 15) is 29.4 Å². The Labute approximate surface area is 151 Å². The van der Waals surface area contributed by atoms with Gasteiger partial charge >= 0.3 is 11.9 Å². The fraction of sp³-hybridized carbons (Fsp3) is 0.733. The first-order valence-corrected chi connectivity index (χ1v) is 8.47. The molecule has 0 spiro atoms. The molecule has 3 N–H and O–H groups in total. The minimum Gasteiger partial charge on any atom is -0.480 e. The van der Waals surface area contributed by atoms with Crippen molar-refractivity contribution in [1.29, 1.82) is 0 Å². The van der Waals surface area contributed by atoms with Gasteiger partial charge in [-0.15, -0.1) is 0 Å². The normalized spacial score (nSPS) is 25.6. The number of aliphatic hydroxyl groups is 1. The van der Waals surface area contributed by atoms with E-state index in [0.717, 1.165) is 4.90 Å². The highest BCUT2D eigenvalue weighted by Gasteiger charge is 2.54. The molecule has 0 aromatic carbocycles. The van der Waals surface area contributed by atoms with Gasteiger partial charge in [0.05, 0.1) is 5.92 Å². The molecule has 0 aromatic heterocycles. The number of amides is 2. The van der Waals surface area contributed by atoms with Gasteiger partial charge in [0.25, 0.3) is 0 Å². The van der Waals surface area contributed by atoms with E-state index in [0.29, 0.717) is 0 Å². The highest BCUT2D eigenvalue weighted by molar-refractivity contribution is 7.80. The summed E-state index contributed by atoms with van der Waals surface area (Å²) >= 11 is 3.96. The summed E-state index contributed by atoms with van der Waals surface area (Å²) in [7, 11) is 0. The van der Waals surface area contributed by atoms with Crippen LogP contribution in [0.1, 0.15) is 27.7 Å². The zero-order chi connectivity index (χ0) is 19.5. The zero-order valence-electron chi connectivity index (χ0n) is 14.5. The van der Waals surface area contributed by atoms with Crippen LogP contribution in [0.4, 0.5) is 0 Å². The minimum absolute atomic E-state index is 0.0521. The number of carbonyl (C=O) groups is 4. The van der Waals surface area contributed by atoms with Gasteiger partial charge in [0.1, 0.15) is 18.4 Å². The van der Waals surface area contributed by atoms with Gasteiger partial charge in [-0.25, -0.2) is 9.59 Å². The number of carboxylic acids is 1. The molecule has 1 rings (SSSR count). The minimum atomic E-state index is -1.51. The van der Waals surface area contributed by atoms with E-state index in [1.807, 2.05) is 0 Å². The third-order valence-corrected chi connectivity index (χ3v) is 4.34. The first-order chi connectivity index (χ1) is 11.5. The maximum Gasteiger partial charge on any atom is 0.330 e. The highest BCUT2D eigenvalue weighted by atomic mass is 32.1. The van der Waals surface area contributed by atoms with Gasteiger partial charge in [-0.3, -0.25) is 14.5 Å². The van der Waals surface area contributed by atoms with Crippen LogP contribution in [-0.2, 0) is 23.9 Å². The van der Waals surface area contributed by atoms with Crippen molar-refractivity contribution in [3.63, 3.8) is 0 Å². The smallest absolute Gasteiger partial charge is 0.330 e. The average molecular weight is 376 g/mol. The van der Waals surface area contributed by atoms with E-state index in [2.05, 4.69) is 17.9 Å². The van der Waals surface area contributed by atoms with Crippen LogP contribution in [-0.4, -0.2) is 69.0 Å². The number of hydrogen-bond acceptors (Lipinski definition) is 7. The third-order valence-electron chi connectivity index (χ3n) is 3.98. The lowest BCUT2D eigenvalue weighted by atomic mass is 10.0. The summed E-state index contributed by atoms with van der Waals surface area (Å²) in [4.78, 5) is 48.2. The molecule has 0 radical (unpaired) electrons. The predicted molar refractivity (Wildman–Crippen MR) is 89.6 cm³/mol. The van der Waals surface area contributed by atoms with Crippen LogP contribution >= 0.6 is 12.6 Å². The highest BCUT2D eigenvalue weighted by Crippen LogP contribution is 2.31. The summed E-state index contributed by atoms with van der Waals surface area (Å²) in [5.74, 6) is -4.78. The van der Waals surface area contributed by atoms with Crippen LogP contribution < -0.4 is 5.32 Å². The first kappa shape index (κ1) is 21.2. The van der Waals surface area contributed by atoms with Crippen molar-refractivity contribution >= 4 is 36.4 Å². The number of thiol groups is 1. The van der Waals surface area contributed by atoms with Crippen molar-refractivity contribution in [3.8, 4) is 0 Å². The SMILES string of the molecule is CC(=O)N[C@@H](CS)C(=O)O[C@H]1[C@@H](C)C(=O)N(C(O)C(C)C)[C@H]1C(=O)O. The Morgan fingerprint density at radius 2 is 1.92 bits per heavy atom. The molecular weight excluding hydrogens is 352 g/mol. The number of aliphatic hydroxyl groups excluding tert-OH is 1. The van der Waals surface area contributed by atoms with E-state index in [1.165, 1.54) is 13.8 Å². The summed E-state index contributed by atoms with van der Waals surface area (Å²) in [6.07, 6.45) is -2.61. The van der Waals surface area contributed by atoms with Crippen LogP contribution in [0.5, 0.6) is 0 Å². The summed E-state index contributed by atoms with van der Waals surface area (Å²) in [6, 6.07) is -2.58. The lowest BCUT2D eigenvalue weighted by Crippen LogP contribution is -2.52. The molecule has 9 nitrogen and oxygen atoms in total. The summed E-state index contributed by atoms with van der Waals surface area (Å²) in [6.45, 7) is 5.91. The van der Waals surface area contributed by atoms with Crippen molar-refractivity contribution < 1.29 is 34.1 Å². The van der Waals surface area contributed by atoms with Crippen molar-refractivity contribution in [1.82, 2.24) is 10.2 Å². The number of rotatable bonds is 7. The largest absolute Gasteiger partial charge is 0.480 e. The molecule has 5 atom stereocenters. The maximum atomic E-state index is 12.4. The molecule has 1 fully saturated rings. The third kappa shape index (κ3) is 4.63. The van der Waals surface area contributed by atoms with Gasteiger partial charge in [0, 0.05) is 12.7 Å². The molecule has 10 heteroatoms. The Hall–Kier alpha value is -1.81. The second kappa shape index (κ2) is 8.52. The molecule has 25 heavy (non-hydrogen) atoms. The summed E-state index contributed by atoms with van der Waals surface area (Å²) < 4.78 is 5.23. The number of nitrogens with zero attached hydrogens (tertiary/aromatic N) is 1. The van der Waals surface area contributed by atoms with Crippen LogP contribution in [0.2, 0.25) is 0 Å². The molecule has 1 aliphatic heterocycles. The number of ether oxygens (including phenoxy) is 1. The number of esters is 1. The lowest BCUT2D eigenvalue weighted by molar-refractivity contribution is -0.166. The fourth-order valence-corrected chi connectivity index (χ4v) is 2.87. The van der Waals surface area contributed by atoms with Gasteiger partial charge < -0.3 is 20.3 Å². The second-order valence-electron chi connectivity index (χ2n) is 6.31. The van der Waals surface area contributed by atoms with Gasteiger partial charge in [-0.1, -0.05) is 13.8 Å². The molecule has 142 valence electrons. The number of carboxylic acid groups (broad SMARTS) is 1. The molecule has 0 saturated carbocycles. The van der Waals surface area contributed by atoms with E-state index in [1.54, 1.807) is 13.8 Å². The number of carbonyl (C=O) groups excluding carboxylic acids is 3. The number of likely N-dealkylation sites (tertiary alicyclic amines) is 1. The standard InChI is InChI=1S/C15H24N2O7S/c1-6(2)12(19)17-10(14(21)22)11(7(3)13(17)20)24-15(23)9(5-25)16-8(4)18/h6-7,9-12,19,25H,5H2,1-4H3,(H,16,18)(H,21,22)/t7-,9+,10-,11+,12?/m1/s1. The van der Waals surface area contributed by atoms with Crippen molar-refractivity contribution in [2.75, 3.05) is 5.75 Å². The Morgan fingerprint density at radius 1 is 1.36 bits per heavy atom. The van der Waals surface area contributed by atoms with Crippen molar-refractivity contribution in [2.45, 2.75) is 52.1 Å². The fourth-order valence-electron chi connectivity index (χ4n) is 2.63. The molecule has 1 heterocycles. The molecule has 0 aliphatic carbocycles. The van der Waals surface area contributed by atoms with Gasteiger partial charge in [-0.2, -0.15) is 12.6 Å². The zero-order valence-corrected chi connectivity index (χ0v) is 15.4. The van der Waals surface area contributed by atoms with Gasteiger partial charge in [0.2, 0.25) is 11.8 Å². The van der Waals surface area contributed by atoms with E-state index in [-0.39, 0.29) is 5.75 Å². The van der Waals surface area contributed by atoms with E-state index < -0.39 is 60.0 Å². The predicted octanol–water partition coefficient (Wildman–Crippen LogP) is -0.761. The van der Waals surface area contributed by atoms with Crippen LogP contribution in [0.15, 0.2) is 0 Å². The monoisotopic (exact) mass is 376 g/mol. The lowest BCUT2D eigenvalue weighted by Gasteiger charge is -2.31. The summed E-state index contributed by atoms with van der Waals surface area (Å²) in [5.41, 5.74) is 0. The van der Waals surface area contributed by atoms with Gasteiger partial charge in [-0.05, 0) is 12.8 Å². The van der Waals surface area contributed by atoms with Crippen LogP contribution in [0.25, 0.3) is 0 Å². The summed E-state index contributed by atoms with van der Waals surface area (Å²) in [5, 5.41) is 22.0. The molecule has 0 bridgehead atoms. The molecule has 2 amide bonds. The van der Waals surface area contributed by atoms with Crippen molar-refractivity contribution in [3.05, 3.63) is 0 Å². The Balaban J connectivity index is 3.07. The van der Waals surface area contributed by atoms with Crippen molar-refractivity contribution in [2.24, 2.45) is 11.8 Å². The Kier molecular flexibility index (Phi) is 7.24. The van der Waals surface area contributed by atoms with E-state index in [4.69, 9.17) is 4.74 Å². The molecule has 1 saturated heterocycles. The second-order valence-corrected chi connectivity index (χ2v) is 6.68. The average Bonchev–Trinajstić information content (AvgIpc) is 2.76. The Bertz CT molecular complexity index is 554. The van der Waals surface area contributed by atoms with Crippen LogP contribution in [0.3, 0.4) is 0 Å². The molecule has 1 unspecified atom stereocenters. The maximum absolute atomic E-state index is 12.4. The van der Waals surface area contributed by atoms with E-state index >= 15 is 0 Å². The quantitative estimate of drug-likeness (QED) is 0.339. The first-order valence-electron chi connectivity index (χ1n) is 7.84.